The summed E-state index contributed by atoms with van der Waals surface area (Å²) < 4.78 is 13.6. The maximum Gasteiger partial charge on any atom is 0.288 e. The fourth-order valence-electron chi connectivity index (χ4n) is 3.10. The van der Waals surface area contributed by atoms with Crippen LogP contribution in [0.2, 0.25) is 0 Å². The van der Waals surface area contributed by atoms with Gasteiger partial charge in [-0.3, -0.25) is 20.3 Å². The number of carbonyl (C=O) groups is 1. The second-order valence-corrected chi connectivity index (χ2v) is 7.75. The highest BCUT2D eigenvalue weighted by molar-refractivity contribution is 7.16. The van der Waals surface area contributed by atoms with Crippen LogP contribution in [-0.4, -0.2) is 28.6 Å². The molecule has 1 N–H and O–H groups in total. The summed E-state index contributed by atoms with van der Waals surface area (Å²) >= 11 is 1.14. The first-order valence-corrected chi connectivity index (χ1v) is 8.80. The van der Waals surface area contributed by atoms with Gasteiger partial charge in [0, 0.05) is 41.8 Å². The number of hydrogen-bond acceptors (Lipinski definition) is 6. The molecule has 0 bridgehead atoms. The highest BCUT2D eigenvalue weighted by atomic mass is 32.1. The normalized spacial score (nSPS) is 19.9. The van der Waals surface area contributed by atoms with Crippen molar-refractivity contribution in [2.45, 2.75) is 25.2 Å². The summed E-state index contributed by atoms with van der Waals surface area (Å²) in [6.07, 6.45) is 0.412. The van der Waals surface area contributed by atoms with E-state index in [0.717, 1.165) is 17.4 Å². The van der Waals surface area contributed by atoms with Crippen molar-refractivity contribution in [1.29, 1.82) is 10.7 Å². The van der Waals surface area contributed by atoms with Gasteiger partial charge >= 0.3 is 0 Å². The van der Waals surface area contributed by atoms with E-state index in [0.29, 0.717) is 15.3 Å². The Labute approximate surface area is 158 Å². The Morgan fingerprint density at radius 2 is 2.11 bits per heavy atom. The maximum absolute atomic E-state index is 13.6. The zero-order chi connectivity index (χ0) is 19.9. The van der Waals surface area contributed by atoms with Crippen LogP contribution in [0.15, 0.2) is 24.3 Å². The van der Waals surface area contributed by atoms with E-state index in [1.165, 1.54) is 30.1 Å². The SMILES string of the molecule is CN1C(=N)C[C@@](C)(c2cc([N+](=O)[O-])c(-c3ccc(F)c(C#N)c3)s2)CC1=O. The number of benzene rings is 1. The van der Waals surface area contributed by atoms with Gasteiger partial charge in [0.1, 0.15) is 22.6 Å². The van der Waals surface area contributed by atoms with Gasteiger partial charge in [0.2, 0.25) is 5.91 Å². The van der Waals surface area contributed by atoms with Crippen molar-refractivity contribution in [3.8, 4) is 16.5 Å². The Kier molecular flexibility index (Phi) is 4.53. The first-order valence-electron chi connectivity index (χ1n) is 7.99. The standard InChI is InChI=1S/C18H15FN4O3S/c1-18(7-15(21)22(2)16(24)8-18)14-6-13(23(25)26)17(27-14)10-3-4-12(19)11(5-10)9-20/h3-6,21H,7-8H2,1-2H3/t18-/m1/s1. The molecule has 0 aliphatic carbocycles. The lowest BCUT2D eigenvalue weighted by atomic mass is 9.78. The molecule has 1 atom stereocenters. The van der Waals surface area contributed by atoms with Crippen molar-refractivity contribution in [3.63, 3.8) is 0 Å². The molecule has 1 aliphatic heterocycles. The second kappa shape index (κ2) is 6.55. The summed E-state index contributed by atoms with van der Waals surface area (Å²) in [6, 6.07) is 6.92. The van der Waals surface area contributed by atoms with E-state index in [2.05, 4.69) is 0 Å². The number of likely N-dealkylation sites (tertiary alicyclic amines) is 1. The van der Waals surface area contributed by atoms with Crippen LogP contribution in [0.3, 0.4) is 0 Å². The minimum Gasteiger partial charge on any atom is -0.304 e. The Hall–Kier alpha value is -3.12. The number of amides is 1. The molecule has 0 spiro atoms. The maximum atomic E-state index is 13.6. The molecule has 1 aromatic carbocycles. The molecule has 2 aromatic rings. The van der Waals surface area contributed by atoms with Crippen LogP contribution < -0.4 is 0 Å². The lowest BCUT2D eigenvalue weighted by Crippen LogP contribution is -2.46. The monoisotopic (exact) mass is 386 g/mol. The number of amidine groups is 1. The van der Waals surface area contributed by atoms with Crippen molar-refractivity contribution in [3.05, 3.63) is 50.6 Å². The average molecular weight is 386 g/mol. The topological polar surface area (TPSA) is 111 Å². The van der Waals surface area contributed by atoms with E-state index < -0.39 is 16.2 Å². The summed E-state index contributed by atoms with van der Waals surface area (Å²) in [5.41, 5.74) is -0.718. The number of rotatable bonds is 3. The Morgan fingerprint density at radius 1 is 1.41 bits per heavy atom. The summed E-state index contributed by atoms with van der Waals surface area (Å²) in [5.74, 6) is -0.762. The first kappa shape index (κ1) is 18.7. The number of halogens is 1. The molecule has 0 radical (unpaired) electrons. The molecule has 27 heavy (non-hydrogen) atoms. The number of thiophene rings is 1. The van der Waals surface area contributed by atoms with Crippen LogP contribution in [0, 0.1) is 32.7 Å². The Balaban J connectivity index is 2.12. The zero-order valence-corrected chi connectivity index (χ0v) is 15.4. The van der Waals surface area contributed by atoms with E-state index >= 15 is 0 Å². The van der Waals surface area contributed by atoms with Crippen molar-refractivity contribution in [2.75, 3.05) is 7.05 Å². The van der Waals surface area contributed by atoms with Gasteiger partial charge in [-0.2, -0.15) is 5.26 Å². The smallest absolute Gasteiger partial charge is 0.288 e. The molecule has 0 unspecified atom stereocenters. The van der Waals surface area contributed by atoms with Crippen molar-refractivity contribution in [2.24, 2.45) is 0 Å². The largest absolute Gasteiger partial charge is 0.304 e. The molecule has 1 saturated heterocycles. The van der Waals surface area contributed by atoms with E-state index in [4.69, 9.17) is 10.7 Å². The summed E-state index contributed by atoms with van der Waals surface area (Å²) in [5, 5.41) is 28.6. The van der Waals surface area contributed by atoms with Gasteiger partial charge < -0.3 is 4.90 Å². The quantitative estimate of drug-likeness (QED) is 0.638. The number of nitrogens with zero attached hydrogens (tertiary/aromatic N) is 3. The molecule has 138 valence electrons. The summed E-state index contributed by atoms with van der Waals surface area (Å²) in [7, 11) is 1.54. The van der Waals surface area contributed by atoms with Gasteiger partial charge in [-0.25, -0.2) is 4.39 Å². The van der Waals surface area contributed by atoms with Crippen molar-refractivity contribution >= 4 is 28.8 Å². The van der Waals surface area contributed by atoms with Crippen LogP contribution in [0.5, 0.6) is 0 Å². The molecule has 7 nitrogen and oxygen atoms in total. The third kappa shape index (κ3) is 3.19. The van der Waals surface area contributed by atoms with Gasteiger partial charge in [0.15, 0.2) is 0 Å². The number of piperidine rings is 1. The minimum absolute atomic E-state index is 0.135. The molecule has 1 aliphatic rings. The van der Waals surface area contributed by atoms with Crippen LogP contribution in [0.25, 0.3) is 10.4 Å². The number of nitrogens with one attached hydrogen (secondary N) is 1. The number of nitro groups is 1. The predicted molar refractivity (Wildman–Crippen MR) is 98.2 cm³/mol. The van der Waals surface area contributed by atoms with Crippen LogP contribution in [0.1, 0.15) is 30.2 Å². The molecule has 1 fully saturated rings. The van der Waals surface area contributed by atoms with Gasteiger partial charge in [0.25, 0.3) is 5.69 Å². The molecule has 9 heteroatoms. The summed E-state index contributed by atoms with van der Waals surface area (Å²) in [6.45, 7) is 1.80. The highest BCUT2D eigenvalue weighted by Crippen LogP contribution is 2.46. The highest BCUT2D eigenvalue weighted by Gasteiger charge is 2.41. The second-order valence-electron chi connectivity index (χ2n) is 6.70. The molecule has 1 aromatic heterocycles. The van der Waals surface area contributed by atoms with E-state index in [1.54, 1.807) is 13.0 Å². The number of hydrogen-bond donors (Lipinski definition) is 1. The molecule has 3 rings (SSSR count). The number of carbonyl (C=O) groups excluding carboxylic acids is 1. The van der Waals surface area contributed by atoms with Crippen LogP contribution >= 0.6 is 11.3 Å². The Morgan fingerprint density at radius 3 is 2.70 bits per heavy atom. The molecule has 2 heterocycles. The molecular weight excluding hydrogens is 371 g/mol. The van der Waals surface area contributed by atoms with Crippen molar-refractivity contribution < 1.29 is 14.1 Å². The van der Waals surface area contributed by atoms with Gasteiger partial charge in [-0.15, -0.1) is 11.3 Å². The van der Waals surface area contributed by atoms with Gasteiger partial charge in [-0.05, 0) is 12.1 Å². The van der Waals surface area contributed by atoms with Crippen LogP contribution in [0.4, 0.5) is 10.1 Å². The van der Waals surface area contributed by atoms with E-state index in [1.807, 2.05) is 0 Å². The van der Waals surface area contributed by atoms with Gasteiger partial charge in [0.05, 0.1) is 10.5 Å². The Bertz CT molecular complexity index is 1010. The fourth-order valence-corrected chi connectivity index (χ4v) is 4.37. The first-order chi connectivity index (χ1) is 12.7. The van der Waals surface area contributed by atoms with Crippen molar-refractivity contribution in [1.82, 2.24) is 4.90 Å². The lowest BCUT2D eigenvalue weighted by molar-refractivity contribution is -0.383. The third-order valence-electron chi connectivity index (χ3n) is 4.73. The zero-order valence-electron chi connectivity index (χ0n) is 14.6. The predicted octanol–water partition coefficient (Wildman–Crippen LogP) is 3.82. The third-order valence-corrected chi connectivity index (χ3v) is 6.21. The molecule has 0 saturated carbocycles. The van der Waals surface area contributed by atoms with E-state index in [-0.39, 0.29) is 35.8 Å². The molecule has 1 amide bonds. The van der Waals surface area contributed by atoms with Crippen LogP contribution in [-0.2, 0) is 10.2 Å². The summed E-state index contributed by atoms with van der Waals surface area (Å²) in [4.78, 5) is 25.4. The molecular formula is C18H15FN4O3S. The van der Waals surface area contributed by atoms with Gasteiger partial charge in [-0.1, -0.05) is 13.0 Å². The number of nitriles is 1. The average Bonchev–Trinajstić information content (AvgIpc) is 3.06. The lowest BCUT2D eigenvalue weighted by Gasteiger charge is -2.36. The van der Waals surface area contributed by atoms with E-state index in [9.17, 15) is 19.3 Å². The minimum atomic E-state index is -0.730. The fraction of sp³-hybridized carbons (Fsp3) is 0.278.